The molecule has 0 unspecified atom stereocenters. The Balaban J connectivity index is 2.99. The lowest BCUT2D eigenvalue weighted by Gasteiger charge is -2.08. The van der Waals surface area contributed by atoms with E-state index in [1.165, 1.54) is 23.7 Å². The lowest BCUT2D eigenvalue weighted by molar-refractivity contribution is -0.173. The van der Waals surface area contributed by atoms with Gasteiger partial charge in [-0.05, 0) is 36.8 Å². The number of rotatable bonds is 11. The molecule has 0 spiro atoms. The van der Waals surface area contributed by atoms with Gasteiger partial charge < -0.3 is 10.1 Å². The van der Waals surface area contributed by atoms with Crippen LogP contribution in [0, 0.1) is 0 Å². The molecule has 6 heteroatoms. The molecule has 0 rings (SSSR count). The summed E-state index contributed by atoms with van der Waals surface area (Å²) < 4.78 is 40.8. The number of halogens is 4. The second-order valence-electron chi connectivity index (χ2n) is 3.87. The fourth-order valence-electron chi connectivity index (χ4n) is 1.31. The van der Waals surface area contributed by atoms with E-state index in [9.17, 15) is 13.2 Å². The first kappa shape index (κ1) is 17.4. The molecule has 0 aromatic heterocycles. The summed E-state index contributed by atoms with van der Waals surface area (Å²) in [5.74, 6) is 0. The predicted octanol–water partition coefficient (Wildman–Crippen LogP) is 3.54. The van der Waals surface area contributed by atoms with Gasteiger partial charge in [-0.15, -0.1) is 0 Å². The van der Waals surface area contributed by atoms with Gasteiger partial charge >= 0.3 is 6.18 Å². The van der Waals surface area contributed by atoms with Gasteiger partial charge in [0.1, 0.15) is 6.61 Å². The second kappa shape index (κ2) is 11.5. The van der Waals surface area contributed by atoms with E-state index in [2.05, 4.69) is 32.6 Å². The molecular weight excluding hydrogens is 346 g/mol. The molecule has 0 saturated carbocycles. The minimum atomic E-state index is -4.20. The lowest BCUT2D eigenvalue weighted by atomic mass is 10.2. The van der Waals surface area contributed by atoms with Gasteiger partial charge in [0.05, 0.1) is 0 Å². The molecule has 0 fully saturated rings. The van der Waals surface area contributed by atoms with E-state index in [0.29, 0.717) is 6.42 Å². The van der Waals surface area contributed by atoms with Crippen LogP contribution in [-0.4, -0.2) is 36.9 Å². The number of ether oxygens (including phenoxy) is 1. The van der Waals surface area contributed by atoms with E-state index >= 15 is 0 Å². The van der Waals surface area contributed by atoms with Crippen molar-refractivity contribution >= 4 is 22.6 Å². The second-order valence-corrected chi connectivity index (χ2v) is 4.95. The van der Waals surface area contributed by atoms with Gasteiger partial charge in [-0.2, -0.15) is 13.2 Å². The van der Waals surface area contributed by atoms with Crippen LogP contribution in [-0.2, 0) is 4.74 Å². The summed E-state index contributed by atoms with van der Waals surface area (Å²) in [5, 5.41) is 3.20. The summed E-state index contributed by atoms with van der Waals surface area (Å²) in [4.78, 5) is 0. The van der Waals surface area contributed by atoms with Crippen LogP contribution in [0.15, 0.2) is 0 Å². The highest BCUT2D eigenvalue weighted by atomic mass is 127. The van der Waals surface area contributed by atoms with Crippen LogP contribution < -0.4 is 5.32 Å². The maximum atomic E-state index is 11.7. The minimum absolute atomic E-state index is 0.168. The van der Waals surface area contributed by atoms with Crippen molar-refractivity contribution in [2.24, 2.45) is 0 Å². The van der Waals surface area contributed by atoms with Gasteiger partial charge in [0, 0.05) is 6.61 Å². The van der Waals surface area contributed by atoms with E-state index in [4.69, 9.17) is 0 Å². The predicted molar refractivity (Wildman–Crippen MR) is 71.7 cm³/mol. The molecule has 0 heterocycles. The maximum Gasteiger partial charge on any atom is 0.411 e. The van der Waals surface area contributed by atoms with E-state index in [-0.39, 0.29) is 6.61 Å². The summed E-state index contributed by atoms with van der Waals surface area (Å²) in [6.07, 6.45) is 1.32. The Bertz CT molecular complexity index is 167. The van der Waals surface area contributed by atoms with Crippen LogP contribution in [0.3, 0.4) is 0 Å². The first-order valence-corrected chi connectivity index (χ1v) is 7.50. The average molecular weight is 367 g/mol. The van der Waals surface area contributed by atoms with Gasteiger partial charge in [0.25, 0.3) is 0 Å². The first-order chi connectivity index (χ1) is 8.06. The minimum Gasteiger partial charge on any atom is -0.372 e. The van der Waals surface area contributed by atoms with Crippen molar-refractivity contribution in [3.8, 4) is 0 Å². The Kier molecular flexibility index (Phi) is 11.8. The summed E-state index contributed by atoms with van der Waals surface area (Å²) in [6, 6.07) is 0. The van der Waals surface area contributed by atoms with Gasteiger partial charge in [-0.3, -0.25) is 0 Å². The van der Waals surface area contributed by atoms with Crippen molar-refractivity contribution in [3.05, 3.63) is 0 Å². The molecule has 2 nitrogen and oxygen atoms in total. The third kappa shape index (κ3) is 16.4. The lowest BCUT2D eigenvalue weighted by Crippen LogP contribution is -2.21. The molecule has 0 aromatic rings. The molecule has 1 N–H and O–H groups in total. The molecule has 0 aliphatic carbocycles. The zero-order chi connectivity index (χ0) is 13.0. The fourth-order valence-corrected chi connectivity index (χ4v) is 1.85. The Hall–Kier alpha value is 0.440. The number of hydrogen-bond donors (Lipinski definition) is 1. The Morgan fingerprint density at radius 3 is 2.24 bits per heavy atom. The summed E-state index contributed by atoms with van der Waals surface area (Å²) >= 11 is 2.37. The highest BCUT2D eigenvalue weighted by Crippen LogP contribution is 2.14. The maximum absolute atomic E-state index is 11.7. The van der Waals surface area contributed by atoms with Gasteiger partial charge in [-0.1, -0.05) is 35.4 Å². The van der Waals surface area contributed by atoms with Gasteiger partial charge in [0.15, 0.2) is 0 Å². The molecular formula is C11H21F3INO. The summed E-state index contributed by atoms with van der Waals surface area (Å²) in [5.41, 5.74) is 0. The van der Waals surface area contributed by atoms with Crippen molar-refractivity contribution in [3.63, 3.8) is 0 Å². The van der Waals surface area contributed by atoms with Crippen LogP contribution >= 0.6 is 22.6 Å². The van der Waals surface area contributed by atoms with E-state index in [0.717, 1.165) is 19.5 Å². The molecule has 0 atom stereocenters. The SMILES string of the molecule is FC(F)(F)COCCCNCCCCCCI. The third-order valence-electron chi connectivity index (χ3n) is 2.15. The van der Waals surface area contributed by atoms with Crippen LogP contribution in [0.2, 0.25) is 0 Å². The van der Waals surface area contributed by atoms with Gasteiger partial charge in [0.2, 0.25) is 0 Å². The van der Waals surface area contributed by atoms with Crippen molar-refractivity contribution < 1.29 is 17.9 Å². The van der Waals surface area contributed by atoms with Crippen molar-refractivity contribution in [1.82, 2.24) is 5.32 Å². The molecule has 0 aliphatic rings. The number of alkyl halides is 4. The first-order valence-electron chi connectivity index (χ1n) is 5.97. The quantitative estimate of drug-likeness (QED) is 0.343. The molecule has 0 bridgehead atoms. The molecule has 17 heavy (non-hydrogen) atoms. The van der Waals surface area contributed by atoms with Crippen LogP contribution in [0.4, 0.5) is 13.2 Å². The molecule has 0 amide bonds. The Morgan fingerprint density at radius 2 is 1.59 bits per heavy atom. The molecule has 0 aliphatic heterocycles. The van der Waals surface area contributed by atoms with Crippen LogP contribution in [0.25, 0.3) is 0 Å². The third-order valence-corrected chi connectivity index (χ3v) is 2.91. The molecule has 104 valence electrons. The monoisotopic (exact) mass is 367 g/mol. The number of nitrogens with one attached hydrogen (secondary N) is 1. The highest BCUT2D eigenvalue weighted by Gasteiger charge is 2.26. The molecule has 0 radical (unpaired) electrons. The zero-order valence-electron chi connectivity index (χ0n) is 9.99. The number of unbranched alkanes of at least 4 members (excludes halogenated alkanes) is 3. The highest BCUT2D eigenvalue weighted by molar-refractivity contribution is 14.1. The molecule has 0 saturated heterocycles. The smallest absolute Gasteiger partial charge is 0.372 e. The standard InChI is InChI=1S/C11H21F3INO/c12-11(13,14)10-17-9-5-8-16-7-4-2-1-3-6-15/h16H,1-10H2. The van der Waals surface area contributed by atoms with E-state index in [1.54, 1.807) is 0 Å². The fraction of sp³-hybridized carbons (Fsp3) is 1.00. The zero-order valence-corrected chi connectivity index (χ0v) is 12.1. The topological polar surface area (TPSA) is 21.3 Å². The van der Waals surface area contributed by atoms with Gasteiger partial charge in [-0.25, -0.2) is 0 Å². The van der Waals surface area contributed by atoms with E-state index in [1.807, 2.05) is 0 Å². The van der Waals surface area contributed by atoms with Crippen LogP contribution in [0.5, 0.6) is 0 Å². The number of hydrogen-bond acceptors (Lipinski definition) is 2. The Morgan fingerprint density at radius 1 is 0.941 bits per heavy atom. The Labute approximate surface area is 115 Å². The molecule has 0 aromatic carbocycles. The van der Waals surface area contributed by atoms with Crippen LogP contribution in [0.1, 0.15) is 32.1 Å². The van der Waals surface area contributed by atoms with Crippen molar-refractivity contribution in [1.29, 1.82) is 0 Å². The van der Waals surface area contributed by atoms with Crippen molar-refractivity contribution in [2.75, 3.05) is 30.7 Å². The summed E-state index contributed by atoms with van der Waals surface area (Å²) in [6.45, 7) is 0.704. The summed E-state index contributed by atoms with van der Waals surface area (Å²) in [7, 11) is 0. The van der Waals surface area contributed by atoms with Crippen molar-refractivity contribution in [2.45, 2.75) is 38.3 Å². The van der Waals surface area contributed by atoms with E-state index < -0.39 is 12.8 Å². The largest absolute Gasteiger partial charge is 0.411 e. The average Bonchev–Trinajstić information content (AvgIpc) is 2.24. The normalized spacial score (nSPS) is 12.0.